The van der Waals surface area contributed by atoms with E-state index < -0.39 is 0 Å². The summed E-state index contributed by atoms with van der Waals surface area (Å²) in [6.07, 6.45) is 7.64. The van der Waals surface area contributed by atoms with Gasteiger partial charge in [-0.05, 0) is 43.8 Å². The predicted octanol–water partition coefficient (Wildman–Crippen LogP) is 3.03. The van der Waals surface area contributed by atoms with Crippen LogP contribution in [0.4, 0.5) is 5.82 Å². The van der Waals surface area contributed by atoms with Crippen LogP contribution in [0.1, 0.15) is 12.5 Å². The number of piperazine rings is 1. The number of anilines is 1. The van der Waals surface area contributed by atoms with E-state index in [2.05, 4.69) is 54.6 Å². The highest BCUT2D eigenvalue weighted by Crippen LogP contribution is 2.33. The zero-order valence-electron chi connectivity index (χ0n) is 15.7. The summed E-state index contributed by atoms with van der Waals surface area (Å²) in [6.45, 7) is 9.95. The highest BCUT2D eigenvalue weighted by atomic mass is 15.3. The Morgan fingerprint density at radius 3 is 2.54 bits per heavy atom. The van der Waals surface area contributed by atoms with Crippen LogP contribution in [-0.2, 0) is 0 Å². The normalized spacial score (nSPS) is 20.2. The maximum atomic E-state index is 9.48. The van der Waals surface area contributed by atoms with Gasteiger partial charge in [0.05, 0.1) is 11.3 Å². The van der Waals surface area contributed by atoms with E-state index >= 15 is 0 Å². The average molecular weight is 347 g/mol. The molecule has 0 N–H and O–H groups in total. The number of aromatic nitrogens is 1. The molecule has 0 unspecified atom stereocenters. The molecule has 0 aliphatic carbocycles. The van der Waals surface area contributed by atoms with E-state index in [0.29, 0.717) is 5.57 Å². The first-order chi connectivity index (χ1) is 12.5. The maximum Gasteiger partial charge on any atom is 0.128 e. The topological polar surface area (TPSA) is 46.4 Å². The van der Waals surface area contributed by atoms with Gasteiger partial charge in [0.2, 0.25) is 0 Å². The van der Waals surface area contributed by atoms with Gasteiger partial charge >= 0.3 is 0 Å². The SMILES string of the molecule is C=C/C(C#N)=C1/C(c2ccc(N3CCN(C)CC3)nc2)=CC(C)=CN1C. The third kappa shape index (κ3) is 3.56. The number of nitriles is 1. The van der Waals surface area contributed by atoms with Crippen LogP contribution in [0.5, 0.6) is 0 Å². The molecule has 1 aromatic heterocycles. The van der Waals surface area contributed by atoms with Crippen molar-refractivity contribution in [2.45, 2.75) is 6.92 Å². The lowest BCUT2D eigenvalue weighted by molar-refractivity contribution is 0.312. The van der Waals surface area contributed by atoms with Gasteiger partial charge in [0, 0.05) is 56.8 Å². The standard InChI is InChI=1S/C21H25N5/c1-5-17(13-22)21-19(12-16(2)15-25(21)4)18-6-7-20(23-14-18)26-10-8-24(3)9-11-26/h5-7,12,14-15H,1,8-11H2,2-4H3/b21-17+. The highest BCUT2D eigenvalue weighted by molar-refractivity contribution is 5.84. The molecule has 1 fully saturated rings. The molecule has 2 aliphatic heterocycles. The van der Waals surface area contributed by atoms with Gasteiger partial charge in [0.25, 0.3) is 0 Å². The molecule has 3 rings (SSSR count). The number of hydrogen-bond donors (Lipinski definition) is 0. The van der Waals surface area contributed by atoms with Crippen LogP contribution in [0.3, 0.4) is 0 Å². The van der Waals surface area contributed by atoms with E-state index in [-0.39, 0.29) is 0 Å². The van der Waals surface area contributed by atoms with Gasteiger partial charge < -0.3 is 14.7 Å². The van der Waals surface area contributed by atoms with E-state index in [1.54, 1.807) is 6.08 Å². The van der Waals surface area contributed by atoms with Crippen molar-refractivity contribution in [3.63, 3.8) is 0 Å². The zero-order valence-corrected chi connectivity index (χ0v) is 15.7. The van der Waals surface area contributed by atoms with Gasteiger partial charge in [0.1, 0.15) is 11.9 Å². The Morgan fingerprint density at radius 2 is 1.96 bits per heavy atom. The Kier molecular flexibility index (Phi) is 5.24. The number of rotatable bonds is 3. The Hall–Kier alpha value is -2.84. The molecule has 134 valence electrons. The lowest BCUT2D eigenvalue weighted by atomic mass is 9.95. The van der Waals surface area contributed by atoms with Crippen molar-refractivity contribution in [3.05, 3.63) is 65.7 Å². The molecule has 0 aromatic carbocycles. The Morgan fingerprint density at radius 1 is 1.23 bits per heavy atom. The molecular formula is C21H25N5. The molecule has 5 heteroatoms. The molecule has 0 radical (unpaired) electrons. The van der Waals surface area contributed by atoms with Crippen molar-refractivity contribution < 1.29 is 0 Å². The molecule has 0 amide bonds. The van der Waals surface area contributed by atoms with Crippen molar-refractivity contribution in [2.24, 2.45) is 0 Å². The van der Waals surface area contributed by atoms with Crippen LogP contribution in [0.15, 0.2) is 60.1 Å². The molecule has 0 atom stereocenters. The van der Waals surface area contributed by atoms with Crippen molar-refractivity contribution in [3.8, 4) is 6.07 Å². The number of likely N-dealkylation sites (N-methyl/N-ethyl adjacent to an activating group) is 2. The average Bonchev–Trinajstić information content (AvgIpc) is 2.65. The Labute approximate surface area is 155 Å². The Bertz CT molecular complexity index is 815. The van der Waals surface area contributed by atoms with Crippen molar-refractivity contribution >= 4 is 11.4 Å². The second kappa shape index (κ2) is 7.59. The third-order valence-corrected chi connectivity index (χ3v) is 4.84. The van der Waals surface area contributed by atoms with E-state index in [0.717, 1.165) is 54.4 Å². The summed E-state index contributed by atoms with van der Waals surface area (Å²) in [7, 11) is 4.11. The van der Waals surface area contributed by atoms with Gasteiger partial charge in [-0.2, -0.15) is 5.26 Å². The molecule has 1 saturated heterocycles. The van der Waals surface area contributed by atoms with E-state index in [4.69, 9.17) is 4.98 Å². The summed E-state index contributed by atoms with van der Waals surface area (Å²) in [6, 6.07) is 6.42. The third-order valence-electron chi connectivity index (χ3n) is 4.84. The fourth-order valence-electron chi connectivity index (χ4n) is 3.41. The van der Waals surface area contributed by atoms with Crippen LogP contribution in [0.25, 0.3) is 5.57 Å². The van der Waals surface area contributed by atoms with Gasteiger partial charge in [-0.25, -0.2) is 4.98 Å². The second-order valence-corrected chi connectivity index (χ2v) is 6.82. The summed E-state index contributed by atoms with van der Waals surface area (Å²) < 4.78 is 0. The summed E-state index contributed by atoms with van der Waals surface area (Å²) in [5.41, 5.74) is 4.57. The van der Waals surface area contributed by atoms with Crippen LogP contribution in [0.2, 0.25) is 0 Å². The van der Waals surface area contributed by atoms with Crippen LogP contribution < -0.4 is 4.90 Å². The fraction of sp³-hybridized carbons (Fsp3) is 0.333. The first kappa shape index (κ1) is 18.0. The molecular weight excluding hydrogens is 322 g/mol. The first-order valence-electron chi connectivity index (χ1n) is 8.83. The summed E-state index contributed by atoms with van der Waals surface area (Å²) in [5, 5.41) is 9.48. The smallest absolute Gasteiger partial charge is 0.128 e. The molecule has 1 aromatic rings. The van der Waals surface area contributed by atoms with Gasteiger partial charge in [-0.3, -0.25) is 0 Å². The largest absolute Gasteiger partial charge is 0.354 e. The first-order valence-corrected chi connectivity index (χ1v) is 8.83. The predicted molar refractivity (Wildman–Crippen MR) is 106 cm³/mol. The van der Waals surface area contributed by atoms with Gasteiger partial charge in [-0.1, -0.05) is 6.58 Å². The number of allylic oxidation sites excluding steroid dienone is 5. The number of nitrogens with zero attached hydrogens (tertiary/aromatic N) is 5. The minimum atomic E-state index is 0.561. The monoisotopic (exact) mass is 347 g/mol. The summed E-state index contributed by atoms with van der Waals surface area (Å²) in [4.78, 5) is 11.3. The van der Waals surface area contributed by atoms with Crippen LogP contribution >= 0.6 is 0 Å². The molecule has 5 nitrogen and oxygen atoms in total. The fourth-order valence-corrected chi connectivity index (χ4v) is 3.41. The van der Waals surface area contributed by atoms with Crippen LogP contribution in [0, 0.1) is 11.3 Å². The van der Waals surface area contributed by atoms with E-state index in [9.17, 15) is 5.26 Å². The van der Waals surface area contributed by atoms with Crippen molar-refractivity contribution in [2.75, 3.05) is 45.2 Å². The minimum absolute atomic E-state index is 0.561. The van der Waals surface area contributed by atoms with E-state index in [1.807, 2.05) is 24.3 Å². The number of hydrogen-bond acceptors (Lipinski definition) is 5. The van der Waals surface area contributed by atoms with Crippen LogP contribution in [-0.4, -0.2) is 55.1 Å². The molecule has 2 aliphatic rings. The molecule has 3 heterocycles. The number of pyridine rings is 1. The summed E-state index contributed by atoms with van der Waals surface area (Å²) in [5.74, 6) is 1.01. The molecule has 0 bridgehead atoms. The molecule has 0 saturated carbocycles. The minimum Gasteiger partial charge on any atom is -0.354 e. The lowest BCUT2D eigenvalue weighted by Crippen LogP contribution is -2.44. The van der Waals surface area contributed by atoms with Gasteiger partial charge in [-0.15, -0.1) is 0 Å². The zero-order chi connectivity index (χ0) is 18.7. The Balaban J connectivity index is 1.94. The summed E-state index contributed by atoms with van der Waals surface area (Å²) >= 11 is 0. The molecule has 26 heavy (non-hydrogen) atoms. The maximum absolute atomic E-state index is 9.48. The lowest BCUT2D eigenvalue weighted by Gasteiger charge is -2.33. The van der Waals surface area contributed by atoms with Crippen molar-refractivity contribution in [1.29, 1.82) is 5.26 Å². The van der Waals surface area contributed by atoms with Crippen molar-refractivity contribution in [1.82, 2.24) is 14.8 Å². The van der Waals surface area contributed by atoms with E-state index in [1.165, 1.54) is 0 Å². The second-order valence-electron chi connectivity index (χ2n) is 6.82. The highest BCUT2D eigenvalue weighted by Gasteiger charge is 2.20. The van der Waals surface area contributed by atoms with Gasteiger partial charge in [0.15, 0.2) is 0 Å². The molecule has 0 spiro atoms. The quantitative estimate of drug-likeness (QED) is 0.787.